The molecule has 0 atom stereocenters. The highest BCUT2D eigenvalue weighted by molar-refractivity contribution is 7.08. The molecule has 0 aliphatic heterocycles. The zero-order chi connectivity index (χ0) is 14.1. The molecule has 0 saturated heterocycles. The van der Waals surface area contributed by atoms with E-state index in [2.05, 4.69) is 6.07 Å². The van der Waals surface area contributed by atoms with E-state index in [0.717, 1.165) is 11.1 Å². The fourth-order valence-electron chi connectivity index (χ4n) is 1.90. The van der Waals surface area contributed by atoms with Gasteiger partial charge in [-0.2, -0.15) is 16.6 Å². The SMILES string of the molecule is N#Cc1cn(-c2ccc(C(=O)O)o2)cc1-c1ccsc1. The van der Waals surface area contributed by atoms with Crippen LogP contribution in [0.15, 0.2) is 45.8 Å². The van der Waals surface area contributed by atoms with Crippen molar-refractivity contribution in [2.45, 2.75) is 0 Å². The lowest BCUT2D eigenvalue weighted by atomic mass is 10.1. The maximum Gasteiger partial charge on any atom is 0.371 e. The molecule has 0 amide bonds. The van der Waals surface area contributed by atoms with Crippen molar-refractivity contribution in [3.05, 3.63) is 52.7 Å². The summed E-state index contributed by atoms with van der Waals surface area (Å²) in [7, 11) is 0. The van der Waals surface area contributed by atoms with Gasteiger partial charge in [0.25, 0.3) is 0 Å². The average Bonchev–Trinajstić information content (AvgIpc) is 3.17. The summed E-state index contributed by atoms with van der Waals surface area (Å²) >= 11 is 1.55. The third kappa shape index (κ3) is 2.00. The number of hydrogen-bond donors (Lipinski definition) is 1. The van der Waals surface area contributed by atoms with Gasteiger partial charge < -0.3 is 9.52 Å². The van der Waals surface area contributed by atoms with E-state index >= 15 is 0 Å². The first-order chi connectivity index (χ1) is 9.69. The summed E-state index contributed by atoms with van der Waals surface area (Å²) in [6.45, 7) is 0. The monoisotopic (exact) mass is 284 g/mol. The molecule has 5 nitrogen and oxygen atoms in total. The number of furan rings is 1. The summed E-state index contributed by atoms with van der Waals surface area (Å²) in [5.74, 6) is -0.897. The molecule has 0 radical (unpaired) electrons. The Morgan fingerprint density at radius 1 is 1.35 bits per heavy atom. The smallest absolute Gasteiger partial charge is 0.371 e. The minimum Gasteiger partial charge on any atom is -0.475 e. The number of rotatable bonds is 3. The van der Waals surface area contributed by atoms with E-state index in [1.807, 2.05) is 16.8 Å². The zero-order valence-corrected chi connectivity index (χ0v) is 10.9. The minimum atomic E-state index is -1.12. The van der Waals surface area contributed by atoms with E-state index in [1.54, 1.807) is 34.4 Å². The molecule has 0 bridgehead atoms. The number of carbonyl (C=O) groups is 1. The van der Waals surface area contributed by atoms with E-state index in [1.165, 1.54) is 6.07 Å². The maximum atomic E-state index is 10.8. The Kier molecular flexibility index (Phi) is 2.89. The highest BCUT2D eigenvalue weighted by Gasteiger charge is 2.14. The lowest BCUT2D eigenvalue weighted by molar-refractivity contribution is 0.0662. The van der Waals surface area contributed by atoms with Gasteiger partial charge in [-0.3, -0.25) is 4.57 Å². The Bertz CT molecular complexity index is 806. The topological polar surface area (TPSA) is 79.2 Å². The van der Waals surface area contributed by atoms with Crippen molar-refractivity contribution in [1.29, 1.82) is 5.26 Å². The Hall–Kier alpha value is -2.78. The van der Waals surface area contributed by atoms with Gasteiger partial charge in [-0.05, 0) is 28.5 Å². The van der Waals surface area contributed by atoms with Crippen LogP contribution in [-0.2, 0) is 0 Å². The number of nitrogens with zero attached hydrogens (tertiary/aromatic N) is 2. The van der Waals surface area contributed by atoms with Gasteiger partial charge in [-0.25, -0.2) is 4.79 Å². The quantitative estimate of drug-likeness (QED) is 0.799. The molecule has 0 aliphatic rings. The molecule has 3 rings (SSSR count). The molecule has 0 aromatic carbocycles. The predicted octanol–water partition coefficient (Wildman–Crippen LogP) is 3.37. The molecular weight excluding hydrogens is 276 g/mol. The van der Waals surface area contributed by atoms with Crippen LogP contribution in [0.5, 0.6) is 0 Å². The number of hydrogen-bond acceptors (Lipinski definition) is 4. The van der Waals surface area contributed by atoms with Gasteiger partial charge in [0.15, 0.2) is 0 Å². The second kappa shape index (κ2) is 4.72. The molecule has 98 valence electrons. The summed E-state index contributed by atoms with van der Waals surface area (Å²) in [6.07, 6.45) is 3.38. The number of carboxylic acids is 1. The molecule has 20 heavy (non-hydrogen) atoms. The van der Waals surface area contributed by atoms with Crippen LogP contribution in [-0.4, -0.2) is 15.6 Å². The Morgan fingerprint density at radius 3 is 2.80 bits per heavy atom. The van der Waals surface area contributed by atoms with Crippen LogP contribution in [0.1, 0.15) is 16.1 Å². The molecule has 0 unspecified atom stereocenters. The second-order valence-electron chi connectivity index (χ2n) is 4.06. The highest BCUT2D eigenvalue weighted by Crippen LogP contribution is 2.28. The van der Waals surface area contributed by atoms with Crippen molar-refractivity contribution in [2.24, 2.45) is 0 Å². The number of aromatic carboxylic acids is 1. The third-order valence-electron chi connectivity index (χ3n) is 2.84. The summed E-state index contributed by atoms with van der Waals surface area (Å²) in [6, 6.07) is 7.00. The zero-order valence-electron chi connectivity index (χ0n) is 10.1. The van der Waals surface area contributed by atoms with Crippen molar-refractivity contribution >= 4 is 17.3 Å². The maximum absolute atomic E-state index is 10.8. The van der Waals surface area contributed by atoms with Crippen LogP contribution in [0.2, 0.25) is 0 Å². The number of thiophene rings is 1. The first kappa shape index (κ1) is 12.3. The van der Waals surface area contributed by atoms with Gasteiger partial charge in [-0.15, -0.1) is 0 Å². The molecular formula is C14H8N2O3S. The first-order valence-corrected chi connectivity index (χ1v) is 6.61. The fraction of sp³-hybridized carbons (Fsp3) is 0. The van der Waals surface area contributed by atoms with E-state index in [4.69, 9.17) is 9.52 Å². The Labute approximate surface area is 117 Å². The van der Waals surface area contributed by atoms with Gasteiger partial charge in [-0.1, -0.05) is 0 Å². The van der Waals surface area contributed by atoms with Crippen molar-refractivity contribution in [3.8, 4) is 23.1 Å². The Balaban J connectivity index is 2.07. The van der Waals surface area contributed by atoms with Crippen molar-refractivity contribution in [1.82, 2.24) is 4.57 Å². The molecule has 3 heterocycles. The first-order valence-electron chi connectivity index (χ1n) is 5.67. The standard InChI is InChI=1S/C14H8N2O3S/c15-5-10-6-16(7-11(10)9-3-4-20-8-9)13-2-1-12(19-13)14(17)18/h1-4,6-8H,(H,17,18). The molecule has 0 saturated carbocycles. The number of nitriles is 1. The predicted molar refractivity (Wildman–Crippen MR) is 73.0 cm³/mol. The van der Waals surface area contributed by atoms with Gasteiger partial charge in [0.05, 0.1) is 5.56 Å². The van der Waals surface area contributed by atoms with Crippen LogP contribution in [0, 0.1) is 11.3 Å². The molecule has 3 aromatic heterocycles. The third-order valence-corrected chi connectivity index (χ3v) is 3.52. The van der Waals surface area contributed by atoms with Crippen molar-refractivity contribution in [3.63, 3.8) is 0 Å². The average molecular weight is 284 g/mol. The molecule has 6 heteroatoms. The van der Waals surface area contributed by atoms with Gasteiger partial charge in [0, 0.05) is 24.0 Å². The summed E-state index contributed by atoms with van der Waals surface area (Å²) in [5, 5.41) is 21.9. The van der Waals surface area contributed by atoms with E-state index in [-0.39, 0.29) is 5.76 Å². The highest BCUT2D eigenvalue weighted by atomic mass is 32.1. The van der Waals surface area contributed by atoms with Gasteiger partial charge >= 0.3 is 5.97 Å². The van der Waals surface area contributed by atoms with E-state index in [0.29, 0.717) is 11.4 Å². The second-order valence-corrected chi connectivity index (χ2v) is 4.84. The lowest BCUT2D eigenvalue weighted by Crippen LogP contribution is -1.92. The fourth-order valence-corrected chi connectivity index (χ4v) is 2.56. The molecule has 3 aromatic rings. The molecule has 0 aliphatic carbocycles. The van der Waals surface area contributed by atoms with Crippen LogP contribution < -0.4 is 0 Å². The minimum absolute atomic E-state index is 0.135. The molecule has 0 spiro atoms. The van der Waals surface area contributed by atoms with E-state index in [9.17, 15) is 10.1 Å². The number of aromatic nitrogens is 1. The summed E-state index contributed by atoms with van der Waals surface area (Å²) < 4.78 is 6.83. The largest absolute Gasteiger partial charge is 0.475 e. The van der Waals surface area contributed by atoms with Gasteiger partial charge in [0.1, 0.15) is 6.07 Å². The van der Waals surface area contributed by atoms with E-state index < -0.39 is 5.97 Å². The molecule has 0 fully saturated rings. The summed E-state index contributed by atoms with van der Waals surface area (Å²) in [4.78, 5) is 10.8. The lowest BCUT2D eigenvalue weighted by Gasteiger charge is -1.95. The van der Waals surface area contributed by atoms with Crippen molar-refractivity contribution < 1.29 is 14.3 Å². The van der Waals surface area contributed by atoms with Crippen LogP contribution >= 0.6 is 11.3 Å². The van der Waals surface area contributed by atoms with Crippen LogP contribution in [0.25, 0.3) is 17.0 Å². The van der Waals surface area contributed by atoms with Crippen LogP contribution in [0.4, 0.5) is 0 Å². The van der Waals surface area contributed by atoms with Gasteiger partial charge in [0.2, 0.25) is 11.6 Å². The summed E-state index contributed by atoms with van der Waals surface area (Å²) in [5.41, 5.74) is 2.26. The number of carboxylic acid groups (broad SMARTS) is 1. The molecule has 1 N–H and O–H groups in total. The Morgan fingerprint density at radius 2 is 2.20 bits per heavy atom. The normalized spacial score (nSPS) is 10.3. The van der Waals surface area contributed by atoms with Crippen LogP contribution in [0.3, 0.4) is 0 Å². The van der Waals surface area contributed by atoms with Crippen molar-refractivity contribution in [2.75, 3.05) is 0 Å².